The second-order valence-corrected chi connectivity index (χ2v) is 8.32. The number of carbonyl (C=O) groups is 2. The first-order chi connectivity index (χ1) is 15.1. The third-order valence-corrected chi connectivity index (χ3v) is 6.33. The van der Waals surface area contributed by atoms with Gasteiger partial charge in [0.05, 0.1) is 18.8 Å². The molecule has 0 saturated carbocycles. The Kier molecular flexibility index (Phi) is 5.23. The van der Waals surface area contributed by atoms with Gasteiger partial charge in [-0.3, -0.25) is 14.3 Å². The zero-order chi connectivity index (χ0) is 21.4. The quantitative estimate of drug-likeness (QED) is 0.698. The molecule has 1 fully saturated rings. The van der Waals surface area contributed by atoms with E-state index in [1.165, 1.54) is 0 Å². The topological polar surface area (TPSA) is 89.6 Å². The van der Waals surface area contributed by atoms with Crippen molar-refractivity contribution in [3.8, 4) is 0 Å². The molecule has 1 N–H and O–H groups in total. The Morgan fingerprint density at radius 3 is 2.81 bits per heavy atom. The van der Waals surface area contributed by atoms with E-state index in [4.69, 9.17) is 9.15 Å². The molecule has 31 heavy (non-hydrogen) atoms. The van der Waals surface area contributed by atoms with Gasteiger partial charge in [0.1, 0.15) is 11.6 Å². The summed E-state index contributed by atoms with van der Waals surface area (Å²) in [5.41, 5.74) is 2.34. The number of hydrogen-bond acceptors (Lipinski definition) is 5. The largest absolute Gasteiger partial charge is 0.451 e. The second kappa shape index (κ2) is 8.19. The predicted molar refractivity (Wildman–Crippen MR) is 114 cm³/mol. The number of benzene rings is 1. The lowest BCUT2D eigenvalue weighted by atomic mass is 10.0. The number of hydrogen-bond donors (Lipinski definition) is 1. The summed E-state index contributed by atoms with van der Waals surface area (Å²) in [6.45, 7) is 4.64. The van der Waals surface area contributed by atoms with E-state index in [1.54, 1.807) is 15.8 Å². The molecule has 0 aliphatic carbocycles. The van der Waals surface area contributed by atoms with Crippen molar-refractivity contribution in [2.24, 2.45) is 5.92 Å². The normalized spacial score (nSPS) is 19.4. The highest BCUT2D eigenvalue weighted by Gasteiger charge is 2.35. The molecule has 1 atom stereocenters. The number of carbonyl (C=O) groups excluding carboxylic acids is 2. The van der Waals surface area contributed by atoms with Crippen LogP contribution in [0.2, 0.25) is 0 Å². The molecule has 1 saturated heterocycles. The van der Waals surface area contributed by atoms with Gasteiger partial charge < -0.3 is 19.4 Å². The van der Waals surface area contributed by atoms with E-state index < -0.39 is 6.04 Å². The molecular weight excluding hydrogens is 396 g/mol. The predicted octanol–water partition coefficient (Wildman–Crippen LogP) is 2.68. The summed E-state index contributed by atoms with van der Waals surface area (Å²) in [4.78, 5) is 28.1. The van der Waals surface area contributed by atoms with Crippen molar-refractivity contribution in [1.29, 1.82) is 0 Å². The van der Waals surface area contributed by atoms with Crippen LogP contribution in [0.15, 0.2) is 40.9 Å². The van der Waals surface area contributed by atoms with Gasteiger partial charge in [-0.15, -0.1) is 0 Å². The fraction of sp³-hybridized carbons (Fsp3) is 0.435. The molecule has 162 valence electrons. The summed E-state index contributed by atoms with van der Waals surface area (Å²) < 4.78 is 13.0. The first kappa shape index (κ1) is 19.8. The molecule has 8 nitrogen and oxygen atoms in total. The zero-order valence-electron chi connectivity index (χ0n) is 17.5. The van der Waals surface area contributed by atoms with E-state index in [2.05, 4.69) is 10.4 Å². The Bertz CT molecular complexity index is 1110. The number of furan rings is 1. The van der Waals surface area contributed by atoms with E-state index in [1.807, 2.05) is 37.3 Å². The van der Waals surface area contributed by atoms with Gasteiger partial charge in [-0.1, -0.05) is 18.2 Å². The fourth-order valence-corrected chi connectivity index (χ4v) is 4.48. The van der Waals surface area contributed by atoms with Crippen LogP contribution in [0.5, 0.6) is 0 Å². The van der Waals surface area contributed by atoms with Crippen molar-refractivity contribution in [3.05, 3.63) is 53.5 Å². The fourth-order valence-electron chi connectivity index (χ4n) is 4.48. The Morgan fingerprint density at radius 1 is 1.19 bits per heavy atom. The Morgan fingerprint density at radius 2 is 2.00 bits per heavy atom. The smallest absolute Gasteiger partial charge is 0.290 e. The molecule has 0 bridgehead atoms. The van der Waals surface area contributed by atoms with Crippen LogP contribution in [0.25, 0.3) is 11.0 Å². The summed E-state index contributed by atoms with van der Waals surface area (Å²) in [6.07, 6.45) is 3.58. The van der Waals surface area contributed by atoms with Crippen LogP contribution in [0.4, 0.5) is 0 Å². The number of nitrogens with zero attached hydrogens (tertiary/aromatic N) is 3. The summed E-state index contributed by atoms with van der Waals surface area (Å²) >= 11 is 0. The van der Waals surface area contributed by atoms with E-state index in [0.29, 0.717) is 30.4 Å². The van der Waals surface area contributed by atoms with Gasteiger partial charge in [0, 0.05) is 36.9 Å². The van der Waals surface area contributed by atoms with Crippen LogP contribution < -0.4 is 5.32 Å². The van der Waals surface area contributed by atoms with Crippen molar-refractivity contribution in [2.75, 3.05) is 26.3 Å². The molecule has 3 aromatic rings. The molecule has 0 radical (unpaired) electrons. The average Bonchev–Trinajstić information content (AvgIpc) is 3.41. The Balaban J connectivity index is 1.35. The monoisotopic (exact) mass is 422 g/mol. The first-order valence-electron chi connectivity index (χ1n) is 10.8. The summed E-state index contributed by atoms with van der Waals surface area (Å²) in [6, 6.07) is 8.91. The van der Waals surface area contributed by atoms with Crippen LogP contribution >= 0.6 is 0 Å². The highest BCUT2D eigenvalue weighted by atomic mass is 16.5. The molecule has 0 spiro atoms. The summed E-state index contributed by atoms with van der Waals surface area (Å²) in [5, 5.41) is 8.34. The van der Waals surface area contributed by atoms with Gasteiger partial charge in [0.15, 0.2) is 5.76 Å². The highest BCUT2D eigenvalue weighted by Crippen LogP contribution is 2.28. The molecule has 2 aliphatic heterocycles. The molecule has 2 aromatic heterocycles. The number of nitrogens with one attached hydrogen (secondary N) is 1. The summed E-state index contributed by atoms with van der Waals surface area (Å²) in [7, 11) is 0. The van der Waals surface area contributed by atoms with Crippen LogP contribution in [0.3, 0.4) is 0 Å². The SMILES string of the molecule is Cc1c(C(=O)N2Cc3ccnn3[C@H](C(=O)NCC3CCOCC3)C2)oc2ccccc12. The van der Waals surface area contributed by atoms with Crippen molar-refractivity contribution < 1.29 is 18.7 Å². The zero-order valence-corrected chi connectivity index (χ0v) is 17.5. The van der Waals surface area contributed by atoms with Crippen molar-refractivity contribution in [3.63, 3.8) is 0 Å². The van der Waals surface area contributed by atoms with Crippen LogP contribution in [-0.4, -0.2) is 52.8 Å². The van der Waals surface area contributed by atoms with Gasteiger partial charge in [0.2, 0.25) is 5.91 Å². The minimum Gasteiger partial charge on any atom is -0.451 e. The number of fused-ring (bicyclic) bond motifs is 2. The number of rotatable bonds is 4. The van der Waals surface area contributed by atoms with Crippen molar-refractivity contribution in [1.82, 2.24) is 20.0 Å². The van der Waals surface area contributed by atoms with Gasteiger partial charge in [0.25, 0.3) is 5.91 Å². The maximum atomic E-state index is 13.4. The lowest BCUT2D eigenvalue weighted by Crippen LogP contribution is -2.48. The highest BCUT2D eigenvalue weighted by molar-refractivity contribution is 5.99. The van der Waals surface area contributed by atoms with Crippen LogP contribution in [-0.2, 0) is 16.1 Å². The van der Waals surface area contributed by atoms with E-state index in [0.717, 1.165) is 42.7 Å². The molecule has 4 heterocycles. The van der Waals surface area contributed by atoms with Gasteiger partial charge in [-0.2, -0.15) is 5.10 Å². The molecular formula is C23H26N4O4. The lowest BCUT2D eigenvalue weighted by molar-refractivity contribution is -0.126. The second-order valence-electron chi connectivity index (χ2n) is 8.32. The maximum Gasteiger partial charge on any atom is 0.290 e. The maximum absolute atomic E-state index is 13.4. The molecule has 1 aromatic carbocycles. The minimum atomic E-state index is -0.563. The standard InChI is InChI=1S/C23H26N4O4/c1-15-18-4-2-3-5-20(18)31-21(15)23(29)26-13-17-6-9-25-27(17)19(14-26)22(28)24-12-16-7-10-30-11-8-16/h2-6,9,16,19H,7-8,10-14H2,1H3,(H,24,28)/t19-/m0/s1. The number of aryl methyl sites for hydroxylation is 1. The average molecular weight is 422 g/mol. The van der Waals surface area contributed by atoms with Crippen LogP contribution in [0, 0.1) is 12.8 Å². The van der Waals surface area contributed by atoms with Gasteiger partial charge >= 0.3 is 0 Å². The number of aromatic nitrogens is 2. The summed E-state index contributed by atoms with van der Waals surface area (Å²) in [5.74, 6) is 0.434. The Labute approximate surface area is 180 Å². The van der Waals surface area contributed by atoms with Crippen molar-refractivity contribution >= 4 is 22.8 Å². The number of amides is 2. The third-order valence-electron chi connectivity index (χ3n) is 6.33. The van der Waals surface area contributed by atoms with E-state index >= 15 is 0 Å². The number of ether oxygens (including phenoxy) is 1. The van der Waals surface area contributed by atoms with E-state index in [-0.39, 0.29) is 18.4 Å². The molecule has 2 aliphatic rings. The molecule has 8 heteroatoms. The van der Waals surface area contributed by atoms with E-state index in [9.17, 15) is 9.59 Å². The third kappa shape index (κ3) is 3.72. The van der Waals surface area contributed by atoms with Gasteiger partial charge in [-0.25, -0.2) is 0 Å². The number of para-hydroxylation sites is 1. The molecule has 2 amide bonds. The minimum absolute atomic E-state index is 0.115. The van der Waals surface area contributed by atoms with Crippen molar-refractivity contribution in [2.45, 2.75) is 32.4 Å². The lowest BCUT2D eigenvalue weighted by Gasteiger charge is -2.33. The van der Waals surface area contributed by atoms with Gasteiger partial charge in [-0.05, 0) is 37.8 Å². The molecule has 5 rings (SSSR count). The first-order valence-corrected chi connectivity index (χ1v) is 10.8. The molecule has 0 unspecified atom stereocenters. The Hall–Kier alpha value is -3.13. The van der Waals surface area contributed by atoms with Crippen LogP contribution in [0.1, 0.15) is 40.7 Å².